The van der Waals surface area contributed by atoms with Crippen molar-refractivity contribution < 1.29 is 5.11 Å². The molecule has 0 aliphatic carbocycles. The van der Waals surface area contributed by atoms with Gasteiger partial charge in [0.2, 0.25) is 0 Å². The highest BCUT2D eigenvalue weighted by Gasteiger charge is 2.06. The topological polar surface area (TPSA) is 46.2 Å². The summed E-state index contributed by atoms with van der Waals surface area (Å²) in [5.74, 6) is 0. The number of benzene rings is 2. The van der Waals surface area contributed by atoms with E-state index in [2.05, 4.69) is 43.3 Å². The molecule has 2 aromatic carbocycles. The maximum Gasteiger partial charge on any atom is 0.0431 e. The van der Waals surface area contributed by atoms with Crippen LogP contribution in [0.15, 0.2) is 36.4 Å². The first-order valence-corrected chi connectivity index (χ1v) is 6.07. The first kappa shape index (κ1) is 12.1. The Morgan fingerprint density at radius 1 is 1.12 bits per heavy atom. The van der Waals surface area contributed by atoms with Crippen molar-refractivity contribution in [2.45, 2.75) is 25.8 Å². The Kier molecular flexibility index (Phi) is 3.77. The van der Waals surface area contributed by atoms with Crippen LogP contribution in [-0.2, 0) is 0 Å². The van der Waals surface area contributed by atoms with E-state index in [-0.39, 0.29) is 12.6 Å². The number of hydrogen-bond acceptors (Lipinski definition) is 2. The van der Waals surface area contributed by atoms with Gasteiger partial charge in [0.15, 0.2) is 0 Å². The van der Waals surface area contributed by atoms with Crippen LogP contribution in [0, 0.1) is 6.92 Å². The lowest BCUT2D eigenvalue weighted by molar-refractivity contribution is 0.280. The summed E-state index contributed by atoms with van der Waals surface area (Å²) in [5.41, 5.74) is 8.51. The van der Waals surface area contributed by atoms with Gasteiger partial charge in [0.05, 0.1) is 0 Å². The van der Waals surface area contributed by atoms with Gasteiger partial charge in [-0.15, -0.1) is 0 Å². The van der Waals surface area contributed by atoms with Crippen LogP contribution in [0.3, 0.4) is 0 Å². The molecule has 90 valence electrons. The van der Waals surface area contributed by atoms with E-state index in [1.165, 1.54) is 16.3 Å². The van der Waals surface area contributed by atoms with Gasteiger partial charge in [0, 0.05) is 12.6 Å². The Morgan fingerprint density at radius 2 is 1.82 bits per heavy atom. The Balaban J connectivity index is 2.28. The molecule has 0 radical (unpaired) electrons. The van der Waals surface area contributed by atoms with Gasteiger partial charge in [-0.2, -0.15) is 0 Å². The van der Waals surface area contributed by atoms with Crippen LogP contribution < -0.4 is 5.73 Å². The second-order valence-electron chi connectivity index (χ2n) is 4.58. The third kappa shape index (κ3) is 2.84. The van der Waals surface area contributed by atoms with Gasteiger partial charge in [-0.1, -0.05) is 35.9 Å². The van der Waals surface area contributed by atoms with Gasteiger partial charge >= 0.3 is 0 Å². The molecule has 17 heavy (non-hydrogen) atoms. The molecule has 0 saturated heterocycles. The quantitative estimate of drug-likeness (QED) is 0.846. The van der Waals surface area contributed by atoms with Gasteiger partial charge < -0.3 is 10.8 Å². The van der Waals surface area contributed by atoms with Crippen LogP contribution in [0.2, 0.25) is 0 Å². The van der Waals surface area contributed by atoms with Crippen molar-refractivity contribution in [1.82, 2.24) is 0 Å². The van der Waals surface area contributed by atoms with Gasteiger partial charge in [0.25, 0.3) is 0 Å². The van der Waals surface area contributed by atoms with Crippen LogP contribution in [-0.4, -0.2) is 11.7 Å². The molecule has 0 heterocycles. The lowest BCUT2D eigenvalue weighted by atomic mass is 9.98. The van der Waals surface area contributed by atoms with Crippen LogP contribution >= 0.6 is 0 Å². The molecule has 2 aromatic rings. The van der Waals surface area contributed by atoms with E-state index in [0.717, 1.165) is 18.4 Å². The summed E-state index contributed by atoms with van der Waals surface area (Å²) >= 11 is 0. The molecular weight excluding hydrogens is 210 g/mol. The molecule has 0 fully saturated rings. The molecule has 3 N–H and O–H groups in total. The third-order valence-corrected chi connectivity index (χ3v) is 3.12. The zero-order chi connectivity index (χ0) is 12.3. The molecule has 0 aromatic heterocycles. The molecule has 0 aliphatic rings. The van der Waals surface area contributed by atoms with E-state index in [1.807, 2.05) is 0 Å². The van der Waals surface area contributed by atoms with Crippen molar-refractivity contribution in [2.75, 3.05) is 6.61 Å². The largest absolute Gasteiger partial charge is 0.396 e. The summed E-state index contributed by atoms with van der Waals surface area (Å²) in [5, 5.41) is 11.3. The molecule has 0 amide bonds. The van der Waals surface area contributed by atoms with Gasteiger partial charge in [0.1, 0.15) is 0 Å². The number of fused-ring (bicyclic) bond motifs is 1. The molecule has 2 heteroatoms. The number of aliphatic hydroxyl groups is 1. The van der Waals surface area contributed by atoms with E-state index in [4.69, 9.17) is 10.8 Å². The minimum atomic E-state index is 0.0212. The summed E-state index contributed by atoms with van der Waals surface area (Å²) in [6.45, 7) is 2.31. The highest BCUT2D eigenvalue weighted by molar-refractivity contribution is 5.83. The summed E-state index contributed by atoms with van der Waals surface area (Å²) in [6, 6.07) is 12.8. The van der Waals surface area contributed by atoms with Crippen molar-refractivity contribution in [2.24, 2.45) is 5.73 Å². The van der Waals surface area contributed by atoms with Crippen LogP contribution in [0.5, 0.6) is 0 Å². The van der Waals surface area contributed by atoms with Gasteiger partial charge in [-0.3, -0.25) is 0 Å². The van der Waals surface area contributed by atoms with Crippen molar-refractivity contribution >= 4 is 10.8 Å². The predicted molar refractivity (Wildman–Crippen MR) is 71.9 cm³/mol. The zero-order valence-corrected chi connectivity index (χ0v) is 10.2. The average Bonchev–Trinajstić information content (AvgIpc) is 2.35. The molecule has 1 atom stereocenters. The van der Waals surface area contributed by atoms with Gasteiger partial charge in [-0.25, -0.2) is 0 Å². The molecule has 0 aliphatic heterocycles. The maximum atomic E-state index is 8.81. The highest BCUT2D eigenvalue weighted by Crippen LogP contribution is 2.22. The fourth-order valence-corrected chi connectivity index (χ4v) is 2.09. The number of aryl methyl sites for hydroxylation is 1. The standard InChI is InChI=1S/C15H19NO/c1-11-4-5-13-10-14(7-6-12(13)9-11)15(16)3-2-8-17/h4-7,9-10,15,17H,2-3,8,16H2,1H3. The minimum Gasteiger partial charge on any atom is -0.396 e. The van der Waals surface area contributed by atoms with Crippen LogP contribution in [0.4, 0.5) is 0 Å². The molecule has 0 bridgehead atoms. The van der Waals surface area contributed by atoms with E-state index < -0.39 is 0 Å². The maximum absolute atomic E-state index is 8.81. The van der Waals surface area contributed by atoms with Crippen LogP contribution in [0.1, 0.15) is 30.0 Å². The average molecular weight is 229 g/mol. The number of hydrogen-bond donors (Lipinski definition) is 2. The fourth-order valence-electron chi connectivity index (χ4n) is 2.09. The second-order valence-corrected chi connectivity index (χ2v) is 4.58. The summed E-state index contributed by atoms with van der Waals surface area (Å²) < 4.78 is 0. The summed E-state index contributed by atoms with van der Waals surface area (Å²) in [7, 11) is 0. The van der Waals surface area contributed by atoms with Crippen LogP contribution in [0.25, 0.3) is 10.8 Å². The van der Waals surface area contributed by atoms with Crippen molar-refractivity contribution in [3.8, 4) is 0 Å². The van der Waals surface area contributed by atoms with E-state index in [0.29, 0.717) is 0 Å². The zero-order valence-electron chi connectivity index (χ0n) is 10.2. The van der Waals surface area contributed by atoms with E-state index in [9.17, 15) is 0 Å². The molecule has 1 unspecified atom stereocenters. The fraction of sp³-hybridized carbons (Fsp3) is 0.333. The number of nitrogens with two attached hydrogens (primary N) is 1. The normalized spacial score (nSPS) is 12.9. The predicted octanol–water partition coefficient (Wildman–Crippen LogP) is 2.92. The Labute approximate surface area is 102 Å². The molecular formula is C15H19NO. The Bertz CT molecular complexity index is 507. The minimum absolute atomic E-state index is 0.0212. The third-order valence-electron chi connectivity index (χ3n) is 3.12. The first-order valence-electron chi connectivity index (χ1n) is 6.07. The lowest BCUT2D eigenvalue weighted by Crippen LogP contribution is -2.10. The monoisotopic (exact) mass is 229 g/mol. The molecule has 2 nitrogen and oxygen atoms in total. The van der Waals surface area contributed by atoms with Gasteiger partial charge in [-0.05, 0) is 42.2 Å². The number of rotatable bonds is 4. The van der Waals surface area contributed by atoms with Crippen molar-refractivity contribution in [3.05, 3.63) is 47.5 Å². The molecule has 2 rings (SSSR count). The SMILES string of the molecule is Cc1ccc2cc(C(N)CCCO)ccc2c1. The van der Waals surface area contributed by atoms with E-state index >= 15 is 0 Å². The second kappa shape index (κ2) is 5.30. The van der Waals surface area contributed by atoms with Crippen molar-refractivity contribution in [1.29, 1.82) is 0 Å². The smallest absolute Gasteiger partial charge is 0.0431 e. The Hall–Kier alpha value is -1.38. The molecule has 0 saturated carbocycles. The highest BCUT2D eigenvalue weighted by atomic mass is 16.2. The van der Waals surface area contributed by atoms with Crippen molar-refractivity contribution in [3.63, 3.8) is 0 Å². The summed E-state index contributed by atoms with van der Waals surface area (Å²) in [4.78, 5) is 0. The Morgan fingerprint density at radius 3 is 2.59 bits per heavy atom. The van der Waals surface area contributed by atoms with E-state index in [1.54, 1.807) is 0 Å². The molecule has 0 spiro atoms. The number of aliphatic hydroxyl groups excluding tert-OH is 1. The lowest BCUT2D eigenvalue weighted by Gasteiger charge is -2.12. The first-order chi connectivity index (χ1) is 8.20. The summed E-state index contributed by atoms with van der Waals surface area (Å²) in [6.07, 6.45) is 1.58.